The molecule has 8 nitrogen and oxygen atoms in total. The highest BCUT2D eigenvalue weighted by molar-refractivity contribution is 7.90. The zero-order valence-electron chi connectivity index (χ0n) is 15.6. The first kappa shape index (κ1) is 19.5. The average molecular weight is 422 g/mol. The highest BCUT2D eigenvalue weighted by Crippen LogP contribution is 2.44. The molecule has 0 saturated heterocycles. The third kappa shape index (κ3) is 4.14. The molecule has 29 heavy (non-hydrogen) atoms. The number of sulfone groups is 1. The lowest BCUT2D eigenvalue weighted by molar-refractivity contribution is 0.150. The van der Waals surface area contributed by atoms with E-state index >= 15 is 0 Å². The number of fused-ring (bicyclic) bond motifs is 1. The lowest BCUT2D eigenvalue weighted by atomic mass is 10.1. The van der Waals surface area contributed by atoms with Crippen molar-refractivity contribution in [3.8, 4) is 0 Å². The summed E-state index contributed by atoms with van der Waals surface area (Å²) in [6.07, 6.45) is 1.67. The summed E-state index contributed by atoms with van der Waals surface area (Å²) >= 11 is 0. The van der Waals surface area contributed by atoms with E-state index in [2.05, 4.69) is 20.4 Å². The van der Waals surface area contributed by atoms with E-state index < -0.39 is 16.3 Å². The van der Waals surface area contributed by atoms with E-state index in [1.807, 2.05) is 6.07 Å². The molecule has 0 aliphatic heterocycles. The minimum atomic E-state index is -3.12. The molecular weight excluding hydrogens is 402 g/mol. The Hall–Kier alpha value is -2.82. The van der Waals surface area contributed by atoms with Crippen LogP contribution in [0, 0.1) is 0 Å². The fraction of sp³-hybridized carbons (Fsp3) is 0.389. The van der Waals surface area contributed by atoms with Gasteiger partial charge in [-0.2, -0.15) is 10.1 Å². The molecule has 1 fully saturated rings. The van der Waals surface area contributed by atoms with Crippen molar-refractivity contribution in [2.45, 2.75) is 31.7 Å². The van der Waals surface area contributed by atoms with Gasteiger partial charge in [-0.25, -0.2) is 22.2 Å². The van der Waals surface area contributed by atoms with Crippen molar-refractivity contribution in [3.05, 3.63) is 35.7 Å². The molecule has 0 unspecified atom stereocenters. The maximum Gasteiger partial charge on any atom is 0.269 e. The smallest absolute Gasteiger partial charge is 0.269 e. The van der Waals surface area contributed by atoms with Gasteiger partial charge in [0, 0.05) is 17.6 Å². The minimum absolute atomic E-state index is 0.0145. The van der Waals surface area contributed by atoms with Crippen LogP contribution in [0.3, 0.4) is 0 Å². The van der Waals surface area contributed by atoms with Gasteiger partial charge < -0.3 is 11.1 Å². The van der Waals surface area contributed by atoms with E-state index in [1.54, 1.807) is 23.0 Å². The molecule has 2 heterocycles. The number of nitrogens with one attached hydrogen (secondary N) is 1. The molecule has 1 aliphatic rings. The van der Waals surface area contributed by atoms with Crippen molar-refractivity contribution in [3.63, 3.8) is 0 Å². The molecule has 11 heteroatoms. The second-order valence-electron chi connectivity index (χ2n) is 7.17. The molecule has 154 valence electrons. The molecule has 0 bridgehead atoms. The first-order valence-electron chi connectivity index (χ1n) is 9.07. The summed E-state index contributed by atoms with van der Waals surface area (Å²) < 4.78 is 51.2. The number of aromatic nitrogens is 4. The molecule has 2 aromatic heterocycles. The van der Waals surface area contributed by atoms with Gasteiger partial charge in [0.05, 0.1) is 41.0 Å². The summed E-state index contributed by atoms with van der Waals surface area (Å²) in [5, 5.41) is 8.03. The quantitative estimate of drug-likeness (QED) is 0.601. The number of benzene rings is 1. The topological polar surface area (TPSA) is 116 Å². The number of rotatable bonds is 7. The van der Waals surface area contributed by atoms with E-state index in [9.17, 15) is 17.2 Å². The van der Waals surface area contributed by atoms with Crippen LogP contribution < -0.4 is 11.1 Å². The van der Waals surface area contributed by atoms with Gasteiger partial charge >= 0.3 is 0 Å². The Kier molecular flexibility index (Phi) is 4.85. The van der Waals surface area contributed by atoms with Crippen LogP contribution in [0.1, 0.15) is 36.4 Å². The average Bonchev–Trinajstić information content (AvgIpc) is 3.39. The predicted octanol–water partition coefficient (Wildman–Crippen LogP) is 3.01. The van der Waals surface area contributed by atoms with Gasteiger partial charge in [-0.05, 0) is 25.0 Å². The second-order valence-corrected chi connectivity index (χ2v) is 9.43. The van der Waals surface area contributed by atoms with Crippen molar-refractivity contribution < 1.29 is 17.2 Å². The van der Waals surface area contributed by atoms with Crippen molar-refractivity contribution in [1.29, 1.82) is 0 Å². The number of aryl methyl sites for hydroxylation is 1. The van der Waals surface area contributed by atoms with Crippen LogP contribution in [0.25, 0.3) is 10.9 Å². The zero-order valence-corrected chi connectivity index (χ0v) is 16.5. The highest BCUT2D eigenvalue weighted by atomic mass is 32.2. The predicted molar refractivity (Wildman–Crippen MR) is 106 cm³/mol. The first-order chi connectivity index (χ1) is 13.7. The van der Waals surface area contributed by atoms with Crippen molar-refractivity contribution >= 4 is 38.2 Å². The molecule has 1 saturated carbocycles. The van der Waals surface area contributed by atoms with Crippen molar-refractivity contribution in [1.82, 2.24) is 19.7 Å². The Bertz CT molecular complexity index is 1170. The fourth-order valence-electron chi connectivity index (χ4n) is 3.22. The first-order valence-corrected chi connectivity index (χ1v) is 11.1. The van der Waals surface area contributed by atoms with Crippen LogP contribution in [0.2, 0.25) is 0 Å². The summed E-state index contributed by atoms with van der Waals surface area (Å²) in [6, 6.07) is 5.38. The van der Waals surface area contributed by atoms with Gasteiger partial charge in [0.1, 0.15) is 15.7 Å². The van der Waals surface area contributed by atoms with Crippen LogP contribution in [-0.2, 0) is 16.4 Å². The number of hydrogen-bond donors (Lipinski definition) is 2. The molecule has 4 rings (SSSR count). The minimum Gasteiger partial charge on any atom is -0.383 e. The van der Waals surface area contributed by atoms with Gasteiger partial charge in [0.25, 0.3) is 6.43 Å². The number of hydrogen-bond acceptors (Lipinski definition) is 7. The molecule has 0 amide bonds. The Balaban J connectivity index is 1.67. The van der Waals surface area contributed by atoms with Gasteiger partial charge in [-0.15, -0.1) is 0 Å². The number of nitrogen functional groups attached to an aromatic ring is 1. The van der Waals surface area contributed by atoms with Crippen LogP contribution in [-0.4, -0.2) is 40.2 Å². The lowest BCUT2D eigenvalue weighted by Crippen LogP contribution is -2.12. The van der Waals surface area contributed by atoms with Gasteiger partial charge in [0.2, 0.25) is 5.95 Å². The third-order valence-corrected chi connectivity index (χ3v) is 5.72. The van der Waals surface area contributed by atoms with Crippen molar-refractivity contribution in [2.24, 2.45) is 0 Å². The summed E-state index contributed by atoms with van der Waals surface area (Å²) in [6.45, 7) is 0.226. The molecule has 3 aromatic rings. The normalized spacial score (nSPS) is 14.6. The van der Waals surface area contributed by atoms with Gasteiger partial charge in [0.15, 0.2) is 0 Å². The van der Waals surface area contributed by atoms with Gasteiger partial charge in [-0.3, -0.25) is 4.68 Å². The third-order valence-electron chi connectivity index (χ3n) is 4.79. The maximum atomic E-state index is 13.4. The number of nitrogens with two attached hydrogens (primary N) is 1. The van der Waals surface area contributed by atoms with Crippen LogP contribution in [0.15, 0.2) is 24.4 Å². The SMILES string of the molecule is CS(=O)(=O)CCn1ncc2c(Nc3nc(N)c(C(F)F)c(C4CC4)n3)cccc21. The zero-order chi connectivity index (χ0) is 20.8. The van der Waals surface area contributed by atoms with Crippen molar-refractivity contribution in [2.75, 3.05) is 23.1 Å². The second kappa shape index (κ2) is 7.21. The van der Waals surface area contributed by atoms with Gasteiger partial charge in [-0.1, -0.05) is 6.07 Å². The Labute approximate surface area is 166 Å². The standard InChI is InChI=1S/C18H20F2N6O2S/c1-29(27,28)8-7-26-13-4-2-3-12(11(13)9-22-26)23-18-24-15(10-5-6-10)14(16(19)20)17(21)25-18/h2-4,9-10,16H,5-8H2,1H3,(H3,21,23,24,25). The molecule has 0 radical (unpaired) electrons. The lowest BCUT2D eigenvalue weighted by Gasteiger charge is -2.13. The van der Waals surface area contributed by atoms with E-state index in [4.69, 9.17) is 5.73 Å². The fourth-order valence-corrected chi connectivity index (χ4v) is 3.72. The Morgan fingerprint density at radius 2 is 2.07 bits per heavy atom. The summed E-state index contributed by atoms with van der Waals surface area (Å²) in [5.74, 6) is -0.124. The molecule has 3 N–H and O–H groups in total. The summed E-state index contributed by atoms with van der Waals surface area (Å²) in [7, 11) is -3.12. The number of anilines is 3. The van der Waals surface area contributed by atoms with Crippen LogP contribution in [0.5, 0.6) is 0 Å². The van der Waals surface area contributed by atoms with Crippen LogP contribution in [0.4, 0.5) is 26.2 Å². The monoisotopic (exact) mass is 422 g/mol. The maximum absolute atomic E-state index is 13.4. The van der Waals surface area contributed by atoms with Crippen LogP contribution >= 0.6 is 0 Å². The Morgan fingerprint density at radius 3 is 2.72 bits per heavy atom. The summed E-state index contributed by atoms with van der Waals surface area (Å²) in [5.41, 5.74) is 7.16. The molecular formula is C18H20F2N6O2S. The Morgan fingerprint density at radius 1 is 1.31 bits per heavy atom. The molecule has 0 spiro atoms. The largest absolute Gasteiger partial charge is 0.383 e. The number of halogens is 2. The highest BCUT2D eigenvalue weighted by Gasteiger charge is 2.33. The van der Waals surface area contributed by atoms with E-state index in [0.717, 1.165) is 23.7 Å². The van der Waals surface area contributed by atoms with E-state index in [0.29, 0.717) is 11.4 Å². The van der Waals surface area contributed by atoms with E-state index in [-0.39, 0.29) is 35.5 Å². The molecule has 1 aliphatic carbocycles. The number of alkyl halides is 2. The number of nitrogens with zero attached hydrogens (tertiary/aromatic N) is 4. The van der Waals surface area contributed by atoms with E-state index in [1.165, 1.54) is 6.26 Å². The summed E-state index contributed by atoms with van der Waals surface area (Å²) in [4.78, 5) is 8.32. The molecule has 1 aromatic carbocycles. The molecule has 0 atom stereocenters.